The third kappa shape index (κ3) is 6.48. The zero-order valence-corrected chi connectivity index (χ0v) is 22.9. The van der Waals surface area contributed by atoms with Crippen molar-refractivity contribution in [1.29, 1.82) is 5.26 Å². The van der Waals surface area contributed by atoms with Crippen molar-refractivity contribution in [2.24, 2.45) is 0 Å². The van der Waals surface area contributed by atoms with E-state index in [1.165, 1.54) is 12.3 Å². The predicted molar refractivity (Wildman–Crippen MR) is 155 cm³/mol. The van der Waals surface area contributed by atoms with Crippen LogP contribution in [0.2, 0.25) is 5.02 Å². The summed E-state index contributed by atoms with van der Waals surface area (Å²) < 4.78 is 19.3. The van der Waals surface area contributed by atoms with E-state index in [2.05, 4.69) is 37.6 Å². The number of hydrazine groups is 2. The van der Waals surface area contributed by atoms with Gasteiger partial charge in [0.15, 0.2) is 0 Å². The number of aryl methyl sites for hydroxylation is 1. The van der Waals surface area contributed by atoms with Gasteiger partial charge in [-0.25, -0.2) is 4.39 Å². The highest BCUT2D eigenvalue weighted by molar-refractivity contribution is 6.36. The molecule has 0 spiro atoms. The van der Waals surface area contributed by atoms with Gasteiger partial charge in [0.1, 0.15) is 11.9 Å². The number of hydrogen-bond acceptors (Lipinski definition) is 10. The highest BCUT2D eigenvalue weighted by Gasteiger charge is 2.23. The largest absolute Gasteiger partial charge is 0.394 e. The molecule has 210 valence electrons. The number of aliphatic hydroxyl groups excluding tert-OH is 1. The number of benzene rings is 2. The lowest BCUT2D eigenvalue weighted by molar-refractivity contribution is 0.0739. The maximum Gasteiger partial charge on any atom is 0.126 e. The van der Waals surface area contributed by atoms with Gasteiger partial charge in [0.2, 0.25) is 0 Å². The van der Waals surface area contributed by atoms with Gasteiger partial charge in [-0.2, -0.15) is 5.26 Å². The van der Waals surface area contributed by atoms with Gasteiger partial charge < -0.3 is 25.9 Å². The lowest BCUT2D eigenvalue weighted by Crippen LogP contribution is -2.39. The standard InChI is InChI=1S/C29H28ClFN8O2/c1-18-11-21(4-5-25(18)31)35-27-20(14-32)16-34-29-23(27)12-22(13-24(29)30)36-28(19-3-2-6-33-15-19)26-17-39(38-37-26)7-9-41-10-8-40/h2-6,11-13,15-17,28,36-38,40H,7-10H2,1H3,(H,34,35)/t28-/m0/s1. The van der Waals surface area contributed by atoms with Crippen molar-refractivity contribution < 1.29 is 14.2 Å². The minimum atomic E-state index is -0.351. The van der Waals surface area contributed by atoms with Crippen LogP contribution in [0.5, 0.6) is 0 Å². The molecule has 4 aromatic rings. The van der Waals surface area contributed by atoms with Crippen molar-refractivity contribution in [2.75, 3.05) is 37.0 Å². The molecule has 0 saturated carbocycles. The number of hydrogen-bond donors (Lipinski definition) is 5. The third-order valence-electron chi connectivity index (χ3n) is 6.46. The van der Waals surface area contributed by atoms with Gasteiger partial charge >= 0.3 is 0 Å². The van der Waals surface area contributed by atoms with Crippen LogP contribution in [0.25, 0.3) is 10.9 Å². The van der Waals surface area contributed by atoms with Crippen LogP contribution in [-0.4, -0.2) is 46.4 Å². The molecule has 0 bridgehead atoms. The van der Waals surface area contributed by atoms with Crippen LogP contribution in [0.1, 0.15) is 22.7 Å². The van der Waals surface area contributed by atoms with Gasteiger partial charge in [0.25, 0.3) is 0 Å². The van der Waals surface area contributed by atoms with Gasteiger partial charge in [0.05, 0.1) is 59.9 Å². The van der Waals surface area contributed by atoms with E-state index >= 15 is 0 Å². The monoisotopic (exact) mass is 574 g/mol. The summed E-state index contributed by atoms with van der Waals surface area (Å²) in [5, 5.41) is 28.5. The van der Waals surface area contributed by atoms with E-state index in [1.807, 2.05) is 29.4 Å². The molecule has 0 fully saturated rings. The molecule has 41 heavy (non-hydrogen) atoms. The van der Waals surface area contributed by atoms with Gasteiger partial charge in [-0.05, 0) is 54.4 Å². The van der Waals surface area contributed by atoms with Crippen molar-refractivity contribution in [3.8, 4) is 6.07 Å². The second-order valence-corrected chi connectivity index (χ2v) is 9.72. The van der Waals surface area contributed by atoms with Crippen LogP contribution >= 0.6 is 11.6 Å². The number of fused-ring (bicyclic) bond motifs is 1. The average Bonchev–Trinajstić information content (AvgIpc) is 3.45. The molecule has 1 atom stereocenters. The highest BCUT2D eigenvalue weighted by atomic mass is 35.5. The van der Waals surface area contributed by atoms with Gasteiger partial charge in [-0.1, -0.05) is 17.7 Å². The van der Waals surface area contributed by atoms with Gasteiger partial charge in [-0.15, -0.1) is 5.53 Å². The summed E-state index contributed by atoms with van der Waals surface area (Å²) in [6.07, 6.45) is 6.87. The first kappa shape index (κ1) is 28.1. The Morgan fingerprint density at radius 2 is 2.07 bits per heavy atom. The zero-order valence-electron chi connectivity index (χ0n) is 22.2. The minimum Gasteiger partial charge on any atom is -0.394 e. The fraction of sp³-hybridized carbons (Fsp3) is 0.207. The molecule has 0 radical (unpaired) electrons. The Kier molecular flexibility index (Phi) is 8.76. The van der Waals surface area contributed by atoms with Crippen LogP contribution in [0.3, 0.4) is 0 Å². The number of pyridine rings is 2. The van der Waals surface area contributed by atoms with Crippen LogP contribution < -0.4 is 21.6 Å². The lowest BCUT2D eigenvalue weighted by atomic mass is 10.0. The molecule has 12 heteroatoms. The van der Waals surface area contributed by atoms with Crippen molar-refractivity contribution >= 4 is 39.6 Å². The summed E-state index contributed by atoms with van der Waals surface area (Å²) >= 11 is 6.72. The molecular weight excluding hydrogens is 547 g/mol. The fourth-order valence-corrected chi connectivity index (χ4v) is 4.72. The van der Waals surface area contributed by atoms with E-state index in [-0.39, 0.29) is 25.1 Å². The van der Waals surface area contributed by atoms with E-state index in [4.69, 9.17) is 21.4 Å². The average molecular weight is 575 g/mol. The first-order valence-electron chi connectivity index (χ1n) is 12.9. The molecule has 0 saturated heterocycles. The molecular formula is C29H28ClFN8O2. The lowest BCUT2D eigenvalue weighted by Gasteiger charge is -2.22. The van der Waals surface area contributed by atoms with Crippen molar-refractivity contribution in [3.05, 3.63) is 100 Å². The summed E-state index contributed by atoms with van der Waals surface area (Å²) in [6, 6.07) is 14.0. The summed E-state index contributed by atoms with van der Waals surface area (Å²) in [6.45, 7) is 2.92. The Bertz CT molecular complexity index is 1610. The Morgan fingerprint density at radius 3 is 2.83 bits per heavy atom. The number of halogens is 2. The number of nitrogens with one attached hydrogen (secondary N) is 4. The quantitative estimate of drug-likeness (QED) is 0.161. The molecule has 5 rings (SSSR count). The van der Waals surface area contributed by atoms with Crippen molar-refractivity contribution in [1.82, 2.24) is 25.9 Å². The molecule has 0 unspecified atom stereocenters. The van der Waals surface area contributed by atoms with Gasteiger partial charge in [0, 0.05) is 41.6 Å². The molecule has 0 aliphatic carbocycles. The second-order valence-electron chi connectivity index (χ2n) is 9.32. The molecule has 1 aliphatic heterocycles. The van der Waals surface area contributed by atoms with E-state index < -0.39 is 0 Å². The Labute approximate surface area is 241 Å². The van der Waals surface area contributed by atoms with Crippen LogP contribution in [0, 0.1) is 24.1 Å². The number of nitrogens with zero attached hydrogens (tertiary/aromatic N) is 4. The Hall–Kier alpha value is -4.47. The number of ether oxygens (including phenoxy) is 1. The van der Waals surface area contributed by atoms with Crippen LogP contribution in [0.4, 0.5) is 21.5 Å². The van der Waals surface area contributed by atoms with Crippen molar-refractivity contribution in [3.63, 3.8) is 0 Å². The number of aliphatic hydroxyl groups is 1. The van der Waals surface area contributed by atoms with Crippen LogP contribution in [0.15, 0.2) is 73.0 Å². The normalized spacial score (nSPS) is 13.4. The maximum atomic E-state index is 13.9. The van der Waals surface area contributed by atoms with E-state index in [1.54, 1.807) is 37.5 Å². The summed E-state index contributed by atoms with van der Waals surface area (Å²) in [5.74, 6) is -0.313. The smallest absolute Gasteiger partial charge is 0.126 e. The second kappa shape index (κ2) is 12.8. The highest BCUT2D eigenvalue weighted by Crippen LogP contribution is 2.37. The number of aromatic nitrogens is 2. The van der Waals surface area contributed by atoms with E-state index in [0.717, 1.165) is 11.3 Å². The molecule has 2 aromatic carbocycles. The van der Waals surface area contributed by atoms with Crippen molar-refractivity contribution in [2.45, 2.75) is 13.0 Å². The molecule has 2 aromatic heterocycles. The third-order valence-corrected chi connectivity index (χ3v) is 6.75. The summed E-state index contributed by atoms with van der Waals surface area (Å²) in [5.41, 5.74) is 11.2. The number of anilines is 3. The zero-order chi connectivity index (χ0) is 28.8. The first-order valence-corrected chi connectivity index (χ1v) is 13.2. The Balaban J connectivity index is 1.50. The predicted octanol–water partition coefficient (Wildman–Crippen LogP) is 4.67. The number of nitriles is 1. The van der Waals surface area contributed by atoms with E-state index in [9.17, 15) is 9.65 Å². The molecule has 0 amide bonds. The SMILES string of the molecule is Cc1cc(Nc2c(C#N)cnc3c(Cl)cc(N[C@H](C4=CN(CCOCCO)NN4)c4cccnc4)cc23)ccc1F. The molecule has 3 heterocycles. The molecule has 10 nitrogen and oxygen atoms in total. The molecule has 5 N–H and O–H groups in total. The van der Waals surface area contributed by atoms with Crippen LogP contribution in [-0.2, 0) is 4.74 Å². The Morgan fingerprint density at radius 1 is 1.20 bits per heavy atom. The minimum absolute atomic E-state index is 0.0275. The topological polar surface area (TPSA) is 130 Å². The number of rotatable bonds is 11. The maximum absolute atomic E-state index is 13.9. The molecule has 1 aliphatic rings. The summed E-state index contributed by atoms with van der Waals surface area (Å²) in [7, 11) is 0. The fourth-order valence-electron chi connectivity index (χ4n) is 4.45. The van der Waals surface area contributed by atoms with Gasteiger partial charge in [-0.3, -0.25) is 15.0 Å². The first-order chi connectivity index (χ1) is 20.0. The van der Waals surface area contributed by atoms with E-state index in [0.29, 0.717) is 57.3 Å². The summed E-state index contributed by atoms with van der Waals surface area (Å²) in [4.78, 5) is 8.72.